The second kappa shape index (κ2) is 6.96. The molecule has 3 aromatic heterocycles. The van der Waals surface area contributed by atoms with Gasteiger partial charge < -0.3 is 0 Å². The van der Waals surface area contributed by atoms with Gasteiger partial charge in [0.05, 0.1) is 5.69 Å². The van der Waals surface area contributed by atoms with Crippen molar-refractivity contribution in [3.8, 4) is 11.3 Å². The molecule has 0 saturated carbocycles. The summed E-state index contributed by atoms with van der Waals surface area (Å²) in [6.07, 6.45) is 1.93. The Hall–Kier alpha value is -2.59. The summed E-state index contributed by atoms with van der Waals surface area (Å²) >= 11 is 2.69. The molecule has 4 rings (SSSR count). The number of azo groups is 1. The van der Waals surface area contributed by atoms with E-state index in [9.17, 15) is 0 Å². The van der Waals surface area contributed by atoms with E-state index in [-0.39, 0.29) is 5.92 Å². The van der Waals surface area contributed by atoms with Crippen molar-refractivity contribution in [2.75, 3.05) is 6.26 Å². The molecule has 0 bridgehead atoms. The number of fused-ring (bicyclic) bond motifs is 1. The molecule has 0 aliphatic rings. The molecule has 10 heteroatoms. The standard InChI is InChI=1S/C16H16N8S2/c1-9(2)13-17-14-12(19-20-15-18-16(25-3)23-26-15)11(21-24(14)22-13)10-7-5-4-6-8-10/h4-9,21H,1-3H3. The average molecular weight is 384 g/mol. The quantitative estimate of drug-likeness (QED) is 0.392. The summed E-state index contributed by atoms with van der Waals surface area (Å²) in [5.41, 5.74) is 3.08. The zero-order valence-corrected chi connectivity index (χ0v) is 16.0. The fraction of sp³-hybridized carbons (Fsp3) is 0.250. The van der Waals surface area contributed by atoms with Crippen molar-refractivity contribution in [1.29, 1.82) is 0 Å². The van der Waals surface area contributed by atoms with Gasteiger partial charge in [-0.25, -0.2) is 4.98 Å². The fourth-order valence-corrected chi connectivity index (χ4v) is 3.44. The van der Waals surface area contributed by atoms with Crippen LogP contribution in [0.1, 0.15) is 25.6 Å². The van der Waals surface area contributed by atoms with Crippen molar-refractivity contribution < 1.29 is 0 Å². The lowest BCUT2D eigenvalue weighted by molar-refractivity contribution is 0.731. The average Bonchev–Trinajstić information content (AvgIpc) is 3.35. The molecule has 0 fully saturated rings. The van der Waals surface area contributed by atoms with E-state index in [0.29, 0.717) is 21.6 Å². The third-order valence-corrected chi connectivity index (χ3v) is 4.95. The lowest BCUT2D eigenvalue weighted by Crippen LogP contribution is -1.93. The molecular weight excluding hydrogens is 368 g/mol. The van der Waals surface area contributed by atoms with Crippen molar-refractivity contribution in [2.45, 2.75) is 24.9 Å². The van der Waals surface area contributed by atoms with E-state index < -0.39 is 0 Å². The first-order chi connectivity index (χ1) is 12.7. The molecule has 0 atom stereocenters. The molecule has 8 nitrogen and oxygen atoms in total. The van der Waals surface area contributed by atoms with Gasteiger partial charge in [-0.15, -0.1) is 15.3 Å². The maximum atomic E-state index is 4.62. The van der Waals surface area contributed by atoms with Gasteiger partial charge in [-0.3, -0.25) is 5.10 Å². The highest BCUT2D eigenvalue weighted by atomic mass is 32.2. The van der Waals surface area contributed by atoms with Crippen molar-refractivity contribution >= 4 is 39.8 Å². The monoisotopic (exact) mass is 384 g/mol. The SMILES string of the molecule is CSc1nsc(N=Nc2c(-c3ccccc3)[nH]n3nc(C(C)C)nc23)n1. The van der Waals surface area contributed by atoms with Crippen LogP contribution in [0.15, 0.2) is 45.7 Å². The van der Waals surface area contributed by atoms with Crippen molar-refractivity contribution in [2.24, 2.45) is 10.2 Å². The van der Waals surface area contributed by atoms with Crippen LogP contribution in [0.3, 0.4) is 0 Å². The molecule has 3 heterocycles. The van der Waals surface area contributed by atoms with Gasteiger partial charge in [-0.2, -0.15) is 14.0 Å². The highest BCUT2D eigenvalue weighted by Crippen LogP contribution is 2.34. The van der Waals surface area contributed by atoms with E-state index in [1.807, 2.05) is 36.6 Å². The van der Waals surface area contributed by atoms with Crippen LogP contribution < -0.4 is 0 Å². The van der Waals surface area contributed by atoms with Crippen LogP contribution in [0.5, 0.6) is 0 Å². The molecule has 0 aliphatic carbocycles. The maximum absolute atomic E-state index is 4.62. The van der Waals surface area contributed by atoms with Crippen molar-refractivity contribution in [3.63, 3.8) is 0 Å². The second-order valence-electron chi connectivity index (χ2n) is 5.83. The van der Waals surface area contributed by atoms with Gasteiger partial charge in [0.2, 0.25) is 15.9 Å². The zero-order valence-electron chi connectivity index (χ0n) is 14.4. The number of benzene rings is 1. The first-order valence-corrected chi connectivity index (χ1v) is 9.99. The van der Waals surface area contributed by atoms with Gasteiger partial charge in [-0.1, -0.05) is 55.9 Å². The molecule has 1 N–H and O–H groups in total. The predicted molar refractivity (Wildman–Crippen MR) is 103 cm³/mol. The topological polar surface area (TPSA) is 96.5 Å². The molecule has 0 radical (unpaired) electrons. The number of nitrogens with one attached hydrogen (secondary N) is 1. The fourth-order valence-electron chi connectivity index (χ4n) is 2.39. The third kappa shape index (κ3) is 3.13. The third-order valence-electron chi connectivity index (χ3n) is 3.68. The smallest absolute Gasteiger partial charge is 0.250 e. The first-order valence-electron chi connectivity index (χ1n) is 7.99. The largest absolute Gasteiger partial charge is 0.273 e. The summed E-state index contributed by atoms with van der Waals surface area (Å²) in [5.74, 6) is 0.980. The maximum Gasteiger partial charge on any atom is 0.250 e. The Labute approximate surface area is 157 Å². The van der Waals surface area contributed by atoms with E-state index >= 15 is 0 Å². The molecule has 0 saturated heterocycles. The van der Waals surface area contributed by atoms with Gasteiger partial charge in [0, 0.05) is 23.0 Å². The Balaban J connectivity index is 1.83. The predicted octanol–water partition coefficient (Wildman–Crippen LogP) is 4.84. The van der Waals surface area contributed by atoms with Crippen LogP contribution in [-0.4, -0.2) is 35.4 Å². The number of thioether (sulfide) groups is 1. The number of hydrogen-bond donors (Lipinski definition) is 1. The molecule has 0 amide bonds. The van der Waals surface area contributed by atoms with Crippen LogP contribution in [0.2, 0.25) is 0 Å². The van der Waals surface area contributed by atoms with Crippen LogP contribution >= 0.6 is 23.3 Å². The highest BCUT2D eigenvalue weighted by Gasteiger charge is 2.19. The summed E-state index contributed by atoms with van der Waals surface area (Å²) in [6, 6.07) is 9.93. The number of H-pyrrole nitrogens is 1. The zero-order chi connectivity index (χ0) is 18.1. The van der Waals surface area contributed by atoms with Crippen LogP contribution in [-0.2, 0) is 0 Å². The number of hydrogen-bond acceptors (Lipinski definition) is 8. The van der Waals surface area contributed by atoms with E-state index in [1.54, 1.807) is 4.63 Å². The Morgan fingerprint density at radius 3 is 2.65 bits per heavy atom. The van der Waals surface area contributed by atoms with E-state index in [4.69, 9.17) is 0 Å². The highest BCUT2D eigenvalue weighted by molar-refractivity contribution is 7.98. The molecule has 4 aromatic rings. The van der Waals surface area contributed by atoms with E-state index in [2.05, 4.69) is 48.6 Å². The first kappa shape index (κ1) is 16.9. The minimum atomic E-state index is 0.223. The molecule has 26 heavy (non-hydrogen) atoms. The van der Waals surface area contributed by atoms with Gasteiger partial charge in [-0.05, 0) is 6.26 Å². The Bertz CT molecular complexity index is 1060. The number of rotatable bonds is 5. The van der Waals surface area contributed by atoms with Crippen molar-refractivity contribution in [1.82, 2.24) is 29.2 Å². The summed E-state index contributed by atoms with van der Waals surface area (Å²) < 4.78 is 5.86. The molecule has 0 unspecified atom stereocenters. The van der Waals surface area contributed by atoms with Gasteiger partial charge in [0.25, 0.3) is 0 Å². The van der Waals surface area contributed by atoms with Crippen molar-refractivity contribution in [3.05, 3.63) is 36.2 Å². The minimum Gasteiger partial charge on any atom is -0.273 e. The van der Waals surface area contributed by atoms with Gasteiger partial charge in [0.15, 0.2) is 11.5 Å². The second-order valence-corrected chi connectivity index (χ2v) is 7.33. The summed E-state index contributed by atoms with van der Waals surface area (Å²) in [6.45, 7) is 4.11. The van der Waals surface area contributed by atoms with Crippen LogP contribution in [0, 0.1) is 0 Å². The van der Waals surface area contributed by atoms with E-state index in [1.165, 1.54) is 23.3 Å². The summed E-state index contributed by atoms with van der Waals surface area (Å²) in [7, 11) is 0. The van der Waals surface area contributed by atoms with Gasteiger partial charge >= 0.3 is 0 Å². The number of nitrogens with zero attached hydrogens (tertiary/aromatic N) is 7. The number of aromatic nitrogens is 6. The Morgan fingerprint density at radius 1 is 1.15 bits per heavy atom. The minimum absolute atomic E-state index is 0.223. The van der Waals surface area contributed by atoms with E-state index in [0.717, 1.165) is 17.1 Å². The number of aromatic amines is 1. The lowest BCUT2D eigenvalue weighted by Gasteiger charge is -1.99. The normalized spacial score (nSPS) is 12.0. The molecule has 0 aliphatic heterocycles. The van der Waals surface area contributed by atoms with Crippen LogP contribution in [0.25, 0.3) is 16.9 Å². The lowest BCUT2D eigenvalue weighted by atomic mass is 10.1. The molecule has 132 valence electrons. The van der Waals surface area contributed by atoms with Crippen LogP contribution in [0.4, 0.5) is 10.8 Å². The Morgan fingerprint density at radius 2 is 1.96 bits per heavy atom. The molecular formula is C16H16N8S2. The summed E-state index contributed by atoms with van der Waals surface area (Å²) in [4.78, 5) is 8.92. The Kier molecular flexibility index (Phi) is 4.51. The molecule has 1 aromatic carbocycles. The molecule has 0 spiro atoms. The van der Waals surface area contributed by atoms with Gasteiger partial charge in [0.1, 0.15) is 0 Å². The summed E-state index contributed by atoms with van der Waals surface area (Å²) in [5, 5.41) is 17.7.